The first kappa shape index (κ1) is 17.6. The lowest BCUT2D eigenvalue weighted by atomic mass is 10.0. The number of ether oxygens (including phenoxy) is 2. The van der Waals surface area contributed by atoms with Crippen LogP contribution in [0.25, 0.3) is 0 Å². The highest BCUT2D eigenvalue weighted by molar-refractivity contribution is 7.89. The molecular weight excluding hydrogens is 356 g/mol. The van der Waals surface area contributed by atoms with Crippen molar-refractivity contribution in [3.8, 4) is 0 Å². The van der Waals surface area contributed by atoms with Crippen LogP contribution in [-0.2, 0) is 24.3 Å². The average Bonchev–Trinajstić information content (AvgIpc) is 3.02. The lowest BCUT2D eigenvalue weighted by Gasteiger charge is -2.37. The van der Waals surface area contributed by atoms with Gasteiger partial charge in [-0.25, -0.2) is 13.1 Å². The second-order valence-corrected chi connectivity index (χ2v) is 7.89. The van der Waals surface area contributed by atoms with Crippen molar-refractivity contribution in [2.24, 2.45) is 0 Å². The van der Waals surface area contributed by atoms with Crippen LogP contribution in [0, 0.1) is 0 Å². The molecule has 0 radical (unpaired) electrons. The molecule has 132 valence electrons. The third kappa shape index (κ3) is 3.73. The van der Waals surface area contributed by atoms with E-state index in [1.165, 1.54) is 12.1 Å². The first-order chi connectivity index (χ1) is 11.4. The van der Waals surface area contributed by atoms with Gasteiger partial charge in [-0.3, -0.25) is 4.79 Å². The summed E-state index contributed by atoms with van der Waals surface area (Å²) in [6.07, 6.45) is 1.19. The van der Waals surface area contributed by atoms with Crippen molar-refractivity contribution in [3.63, 3.8) is 0 Å². The van der Waals surface area contributed by atoms with Gasteiger partial charge in [-0.15, -0.1) is 0 Å². The van der Waals surface area contributed by atoms with Crippen molar-refractivity contribution in [2.75, 3.05) is 32.8 Å². The summed E-state index contributed by atoms with van der Waals surface area (Å²) in [5.41, 5.74) is 0. The lowest BCUT2D eigenvalue weighted by Crippen LogP contribution is -2.49. The number of nitrogens with one attached hydrogen (secondary N) is 1. The fourth-order valence-corrected chi connectivity index (χ4v) is 4.38. The summed E-state index contributed by atoms with van der Waals surface area (Å²) in [5, 5.41) is 0.118. The van der Waals surface area contributed by atoms with E-state index in [4.69, 9.17) is 21.1 Å². The maximum atomic E-state index is 12.2. The number of rotatable bonds is 4. The normalized spacial score (nSPS) is 20.5. The SMILES string of the molecule is O=C(CNS(=O)(=O)c1ccccc1Cl)N1CCC2(CC1)OCCO2. The van der Waals surface area contributed by atoms with Crippen LogP contribution in [0.15, 0.2) is 29.2 Å². The van der Waals surface area contributed by atoms with Crippen molar-refractivity contribution in [2.45, 2.75) is 23.5 Å². The maximum absolute atomic E-state index is 12.2. The van der Waals surface area contributed by atoms with Gasteiger partial charge >= 0.3 is 0 Å². The van der Waals surface area contributed by atoms with Gasteiger partial charge in [0, 0.05) is 25.9 Å². The molecule has 1 amide bonds. The molecule has 2 aliphatic rings. The third-order valence-corrected chi connectivity index (χ3v) is 6.13. The van der Waals surface area contributed by atoms with Gasteiger partial charge in [0.05, 0.1) is 24.8 Å². The van der Waals surface area contributed by atoms with E-state index < -0.39 is 15.8 Å². The molecule has 0 aliphatic carbocycles. The summed E-state index contributed by atoms with van der Waals surface area (Å²) in [6, 6.07) is 6.11. The number of benzene rings is 1. The van der Waals surface area contributed by atoms with Crippen LogP contribution in [0.3, 0.4) is 0 Å². The zero-order valence-corrected chi connectivity index (χ0v) is 14.6. The molecule has 0 atom stereocenters. The van der Waals surface area contributed by atoms with Gasteiger partial charge in [0.1, 0.15) is 4.90 Å². The minimum atomic E-state index is -3.83. The van der Waals surface area contributed by atoms with Crippen LogP contribution in [0.2, 0.25) is 5.02 Å². The number of nitrogens with zero attached hydrogens (tertiary/aromatic N) is 1. The number of likely N-dealkylation sites (tertiary alicyclic amines) is 1. The van der Waals surface area contributed by atoms with Crippen molar-refractivity contribution in [1.82, 2.24) is 9.62 Å². The summed E-state index contributed by atoms with van der Waals surface area (Å²) in [7, 11) is -3.83. The molecule has 0 aromatic heterocycles. The molecule has 1 spiro atoms. The smallest absolute Gasteiger partial charge is 0.242 e. The van der Waals surface area contributed by atoms with Crippen LogP contribution >= 0.6 is 11.6 Å². The number of hydrogen-bond acceptors (Lipinski definition) is 5. The topological polar surface area (TPSA) is 84.9 Å². The van der Waals surface area contributed by atoms with E-state index in [1.807, 2.05) is 0 Å². The van der Waals surface area contributed by atoms with Crippen LogP contribution in [0.5, 0.6) is 0 Å². The molecule has 1 N–H and O–H groups in total. The van der Waals surface area contributed by atoms with E-state index in [-0.39, 0.29) is 22.4 Å². The number of amides is 1. The van der Waals surface area contributed by atoms with Gasteiger partial charge in [0.15, 0.2) is 5.79 Å². The van der Waals surface area contributed by atoms with Gasteiger partial charge in [-0.05, 0) is 12.1 Å². The number of carbonyl (C=O) groups is 1. The van der Waals surface area contributed by atoms with Crippen LogP contribution in [0.1, 0.15) is 12.8 Å². The van der Waals surface area contributed by atoms with Crippen molar-refractivity contribution >= 4 is 27.5 Å². The molecule has 0 bridgehead atoms. The Morgan fingerprint density at radius 2 is 1.83 bits per heavy atom. The molecule has 1 aromatic rings. The Hall–Kier alpha value is -1.19. The molecule has 2 aliphatic heterocycles. The summed E-state index contributed by atoms with van der Waals surface area (Å²) in [5.74, 6) is -0.841. The van der Waals surface area contributed by atoms with Gasteiger partial charge in [0.2, 0.25) is 15.9 Å². The van der Waals surface area contributed by atoms with Crippen LogP contribution < -0.4 is 4.72 Å². The molecule has 7 nitrogen and oxygen atoms in total. The number of hydrogen-bond donors (Lipinski definition) is 1. The van der Waals surface area contributed by atoms with E-state index >= 15 is 0 Å². The Balaban J connectivity index is 1.55. The summed E-state index contributed by atoms with van der Waals surface area (Å²) < 4.78 is 38.0. The van der Waals surface area contributed by atoms with Gasteiger partial charge in [-0.1, -0.05) is 23.7 Å². The van der Waals surface area contributed by atoms with Crippen molar-refractivity contribution in [1.29, 1.82) is 0 Å². The van der Waals surface area contributed by atoms with Crippen molar-refractivity contribution < 1.29 is 22.7 Å². The second kappa shape index (κ2) is 6.97. The maximum Gasteiger partial charge on any atom is 0.242 e. The van der Waals surface area contributed by atoms with E-state index in [0.29, 0.717) is 39.1 Å². The van der Waals surface area contributed by atoms with Gasteiger partial charge in [-0.2, -0.15) is 0 Å². The first-order valence-electron chi connectivity index (χ1n) is 7.72. The Morgan fingerprint density at radius 1 is 1.21 bits per heavy atom. The molecule has 2 fully saturated rings. The predicted molar refractivity (Wildman–Crippen MR) is 87.1 cm³/mol. The number of sulfonamides is 1. The Morgan fingerprint density at radius 3 is 2.46 bits per heavy atom. The van der Waals surface area contributed by atoms with Gasteiger partial charge < -0.3 is 14.4 Å². The summed E-state index contributed by atoms with van der Waals surface area (Å²) in [6.45, 7) is 1.80. The molecule has 24 heavy (non-hydrogen) atoms. The predicted octanol–water partition coefficient (Wildman–Crippen LogP) is 0.984. The standard InChI is InChI=1S/C15H19ClN2O5S/c16-12-3-1-2-4-13(12)24(20,21)17-11-14(19)18-7-5-15(6-8-18)22-9-10-23-15/h1-4,17H,5-11H2. The fourth-order valence-electron chi connectivity index (χ4n) is 2.89. The average molecular weight is 375 g/mol. The Bertz CT molecular complexity index is 708. The van der Waals surface area contributed by atoms with Crippen molar-refractivity contribution in [3.05, 3.63) is 29.3 Å². The highest BCUT2D eigenvalue weighted by Crippen LogP contribution is 2.31. The minimum absolute atomic E-state index is 0.0372. The van der Waals surface area contributed by atoms with E-state index in [0.717, 1.165) is 0 Å². The number of piperidine rings is 1. The summed E-state index contributed by atoms with van der Waals surface area (Å²) in [4.78, 5) is 13.8. The Kier molecular flexibility index (Phi) is 5.12. The Labute approximate surface area is 145 Å². The number of halogens is 1. The van der Waals surface area contributed by atoms with E-state index in [2.05, 4.69) is 4.72 Å². The van der Waals surface area contributed by atoms with Crippen LogP contribution in [0.4, 0.5) is 0 Å². The van der Waals surface area contributed by atoms with E-state index in [1.54, 1.807) is 17.0 Å². The molecule has 9 heteroatoms. The largest absolute Gasteiger partial charge is 0.347 e. The van der Waals surface area contributed by atoms with E-state index in [9.17, 15) is 13.2 Å². The second-order valence-electron chi connectivity index (χ2n) is 5.74. The highest BCUT2D eigenvalue weighted by Gasteiger charge is 2.40. The molecule has 0 saturated carbocycles. The summed E-state index contributed by atoms with van der Waals surface area (Å²) >= 11 is 5.90. The quantitative estimate of drug-likeness (QED) is 0.849. The molecular formula is C15H19ClN2O5S. The zero-order chi connectivity index (χ0) is 17.2. The first-order valence-corrected chi connectivity index (χ1v) is 9.58. The third-order valence-electron chi connectivity index (χ3n) is 4.23. The van der Waals surface area contributed by atoms with Crippen LogP contribution in [-0.4, -0.2) is 57.9 Å². The minimum Gasteiger partial charge on any atom is -0.347 e. The van der Waals surface area contributed by atoms with Gasteiger partial charge in [0.25, 0.3) is 0 Å². The zero-order valence-electron chi connectivity index (χ0n) is 13.0. The highest BCUT2D eigenvalue weighted by atomic mass is 35.5. The molecule has 1 aromatic carbocycles. The molecule has 0 unspecified atom stereocenters. The monoisotopic (exact) mass is 374 g/mol. The lowest BCUT2D eigenvalue weighted by molar-refractivity contribution is -0.187. The molecule has 3 rings (SSSR count). The number of carbonyl (C=O) groups excluding carboxylic acids is 1. The molecule has 2 heterocycles. The molecule has 2 saturated heterocycles. The fraction of sp³-hybridized carbons (Fsp3) is 0.533.